The number of thioether (sulfide) groups is 1. The molecule has 1 aromatic heterocycles. The second-order valence-electron chi connectivity index (χ2n) is 3.76. The van der Waals surface area contributed by atoms with E-state index in [1.54, 1.807) is 32.4 Å². The van der Waals surface area contributed by atoms with Gasteiger partial charge >= 0.3 is 5.97 Å². The van der Waals surface area contributed by atoms with Crippen LogP contribution in [0.2, 0.25) is 0 Å². The number of halogens is 1. The summed E-state index contributed by atoms with van der Waals surface area (Å²) >= 11 is 1.58. The lowest BCUT2D eigenvalue weighted by atomic mass is 10.4. The van der Waals surface area contributed by atoms with Crippen molar-refractivity contribution in [3.63, 3.8) is 0 Å². The molecule has 0 atom stereocenters. The van der Waals surface area contributed by atoms with Gasteiger partial charge in [-0.3, -0.25) is 4.79 Å². The van der Waals surface area contributed by atoms with Gasteiger partial charge in [0.1, 0.15) is 13.1 Å². The van der Waals surface area contributed by atoms with Crippen LogP contribution in [0.25, 0.3) is 0 Å². The summed E-state index contributed by atoms with van der Waals surface area (Å²) in [5.41, 5.74) is 0. The molecule has 0 aliphatic carbocycles. The van der Waals surface area contributed by atoms with Crippen molar-refractivity contribution in [1.82, 2.24) is 4.58 Å². The fourth-order valence-corrected chi connectivity index (χ4v) is 5.40. The Morgan fingerprint density at radius 3 is 2.83 bits per heavy atom. The highest BCUT2D eigenvalue weighted by atomic mass is 127. The molecule has 1 aliphatic rings. The van der Waals surface area contributed by atoms with Gasteiger partial charge in [0.05, 0.1) is 16.6 Å². The van der Waals surface area contributed by atoms with Crippen LogP contribution in [-0.4, -0.2) is 31.4 Å². The molecule has 1 fully saturated rings. The summed E-state index contributed by atoms with van der Waals surface area (Å²) in [7, 11) is 3.56. The van der Waals surface area contributed by atoms with E-state index in [9.17, 15) is 4.79 Å². The molecule has 3 nitrogen and oxygen atoms in total. The van der Waals surface area contributed by atoms with Gasteiger partial charge in [0.15, 0.2) is 0 Å². The van der Waals surface area contributed by atoms with Crippen LogP contribution in [0, 0.1) is 0 Å². The van der Waals surface area contributed by atoms with Crippen molar-refractivity contribution in [2.45, 2.75) is 24.0 Å². The lowest BCUT2D eigenvalue weighted by Gasteiger charge is -1.98. The largest absolute Gasteiger partial charge is 1.00 e. The standard InChI is InChI=1S/C11H16NO2S3.HI/c1-2-14-10(13)8-15-11-7-9(16-17-11)12-5-3-4-6-12;/h7H,2-6,8H2,1H3;1H/q+1;/p-1. The normalized spacial score (nSPS) is 14.4. The highest BCUT2D eigenvalue weighted by Gasteiger charge is 2.15. The van der Waals surface area contributed by atoms with E-state index in [2.05, 4.69) is 10.6 Å². The maximum atomic E-state index is 11.2. The fourth-order valence-electron chi connectivity index (χ4n) is 1.71. The average Bonchev–Trinajstić information content (AvgIpc) is 2.97. The van der Waals surface area contributed by atoms with E-state index < -0.39 is 0 Å². The first-order valence-electron chi connectivity index (χ1n) is 5.76. The van der Waals surface area contributed by atoms with Crippen LogP contribution in [0.4, 0.5) is 0 Å². The van der Waals surface area contributed by atoms with E-state index in [0.717, 1.165) is 0 Å². The first kappa shape index (κ1) is 16.5. The summed E-state index contributed by atoms with van der Waals surface area (Å²) in [4.78, 5) is 11.2. The molecule has 0 saturated carbocycles. The summed E-state index contributed by atoms with van der Waals surface area (Å²) in [6, 6.07) is 2.20. The zero-order valence-corrected chi connectivity index (χ0v) is 14.8. The lowest BCUT2D eigenvalue weighted by Crippen LogP contribution is -3.00. The van der Waals surface area contributed by atoms with Crippen molar-refractivity contribution >= 4 is 38.4 Å². The summed E-state index contributed by atoms with van der Waals surface area (Å²) in [5, 5.41) is 0. The molecule has 1 saturated heterocycles. The van der Waals surface area contributed by atoms with Gasteiger partial charge in [0, 0.05) is 18.9 Å². The first-order valence-corrected chi connectivity index (χ1v) is 8.89. The summed E-state index contributed by atoms with van der Waals surface area (Å²) in [5.74, 6) is 0.291. The molecular weight excluding hydrogens is 401 g/mol. The Balaban J connectivity index is 0.00000162. The van der Waals surface area contributed by atoms with Crippen LogP contribution < -0.4 is 33.2 Å². The SMILES string of the molecule is CCOC(=O)CSc1cc(=[N+]2CCCC2)ss1.[I-]. The Bertz CT molecular complexity index is 447. The van der Waals surface area contributed by atoms with Gasteiger partial charge in [0.2, 0.25) is 0 Å². The molecular formula is C11H16INO2S3. The van der Waals surface area contributed by atoms with Gasteiger partial charge in [-0.15, -0.1) is 11.8 Å². The molecule has 2 rings (SSSR count). The number of ether oxygens (including phenoxy) is 1. The molecule has 1 aromatic rings. The van der Waals surface area contributed by atoms with Crippen molar-refractivity contribution in [3.8, 4) is 0 Å². The van der Waals surface area contributed by atoms with Crippen molar-refractivity contribution in [1.29, 1.82) is 0 Å². The third-order valence-corrected chi connectivity index (χ3v) is 6.42. The lowest BCUT2D eigenvalue weighted by molar-refractivity contribution is -0.139. The van der Waals surface area contributed by atoms with Crippen molar-refractivity contribution < 1.29 is 33.5 Å². The number of rotatable bonds is 4. The molecule has 0 spiro atoms. The van der Waals surface area contributed by atoms with Gasteiger partial charge in [0.25, 0.3) is 4.67 Å². The quantitative estimate of drug-likeness (QED) is 0.208. The van der Waals surface area contributed by atoms with E-state index in [-0.39, 0.29) is 29.9 Å². The van der Waals surface area contributed by atoms with Crippen LogP contribution in [0.1, 0.15) is 19.8 Å². The minimum absolute atomic E-state index is 0. The number of carbonyl (C=O) groups is 1. The smallest absolute Gasteiger partial charge is 0.316 e. The Morgan fingerprint density at radius 2 is 2.17 bits per heavy atom. The predicted molar refractivity (Wildman–Crippen MR) is 73.8 cm³/mol. The summed E-state index contributed by atoms with van der Waals surface area (Å²) in [6.07, 6.45) is 2.60. The molecule has 0 N–H and O–H groups in total. The van der Waals surface area contributed by atoms with Crippen molar-refractivity contribution in [3.05, 3.63) is 10.7 Å². The predicted octanol–water partition coefficient (Wildman–Crippen LogP) is -0.965. The number of nitrogens with zero attached hydrogens (tertiary/aromatic N) is 1. The molecule has 102 valence electrons. The maximum Gasteiger partial charge on any atom is 0.316 e. The van der Waals surface area contributed by atoms with E-state index >= 15 is 0 Å². The van der Waals surface area contributed by atoms with Crippen molar-refractivity contribution in [2.24, 2.45) is 0 Å². The topological polar surface area (TPSA) is 29.3 Å². The molecule has 2 heterocycles. The number of hydrogen-bond acceptors (Lipinski definition) is 5. The van der Waals surface area contributed by atoms with Crippen LogP contribution in [0.3, 0.4) is 0 Å². The number of esters is 1. The van der Waals surface area contributed by atoms with Crippen LogP contribution in [0.5, 0.6) is 0 Å². The Labute approximate surface area is 136 Å². The average molecular weight is 417 g/mol. The highest BCUT2D eigenvalue weighted by molar-refractivity contribution is 8.03. The van der Waals surface area contributed by atoms with E-state index in [0.29, 0.717) is 12.4 Å². The van der Waals surface area contributed by atoms with Gasteiger partial charge in [-0.05, 0) is 17.3 Å². The van der Waals surface area contributed by atoms with Crippen LogP contribution >= 0.6 is 32.4 Å². The molecule has 1 aliphatic heterocycles. The number of carbonyl (C=O) groups excluding carboxylic acids is 1. The highest BCUT2D eigenvalue weighted by Crippen LogP contribution is 2.24. The Kier molecular flexibility index (Phi) is 7.81. The van der Waals surface area contributed by atoms with E-state index in [1.165, 1.54) is 34.8 Å². The van der Waals surface area contributed by atoms with Gasteiger partial charge in [-0.1, -0.05) is 10.3 Å². The summed E-state index contributed by atoms with van der Waals surface area (Å²) < 4.78 is 9.89. The minimum Gasteiger partial charge on any atom is -1.00 e. The molecule has 0 amide bonds. The van der Waals surface area contributed by atoms with E-state index in [4.69, 9.17) is 4.74 Å². The molecule has 0 bridgehead atoms. The van der Waals surface area contributed by atoms with Gasteiger partial charge in [-0.25, -0.2) is 4.58 Å². The maximum absolute atomic E-state index is 11.2. The summed E-state index contributed by atoms with van der Waals surface area (Å²) in [6.45, 7) is 4.65. The third-order valence-electron chi connectivity index (χ3n) is 2.51. The zero-order valence-electron chi connectivity index (χ0n) is 10.2. The second kappa shape index (κ2) is 8.55. The monoisotopic (exact) mass is 417 g/mol. The zero-order chi connectivity index (χ0) is 12.1. The Hall–Kier alpha value is 0.400. The minimum atomic E-state index is -0.126. The molecule has 0 radical (unpaired) electrons. The molecule has 7 heteroatoms. The van der Waals surface area contributed by atoms with Crippen molar-refractivity contribution in [2.75, 3.05) is 25.4 Å². The van der Waals surface area contributed by atoms with Gasteiger partial charge < -0.3 is 28.7 Å². The molecule has 0 aromatic carbocycles. The van der Waals surface area contributed by atoms with Gasteiger partial charge in [-0.2, -0.15) is 0 Å². The third kappa shape index (κ3) is 4.82. The number of hydrogen-bond donors (Lipinski definition) is 0. The first-order chi connectivity index (χ1) is 8.29. The second-order valence-corrected chi connectivity index (χ2v) is 7.22. The van der Waals surface area contributed by atoms with Crippen LogP contribution in [-0.2, 0) is 9.53 Å². The van der Waals surface area contributed by atoms with Crippen LogP contribution in [0.15, 0.2) is 10.3 Å². The molecule has 0 unspecified atom stereocenters. The Morgan fingerprint density at radius 1 is 1.44 bits per heavy atom. The van der Waals surface area contributed by atoms with E-state index in [1.807, 2.05) is 6.92 Å². The molecule has 18 heavy (non-hydrogen) atoms. The fraction of sp³-hybridized carbons (Fsp3) is 0.636.